The molecule has 0 amide bonds. The van der Waals surface area contributed by atoms with Crippen molar-refractivity contribution in [2.75, 3.05) is 17.7 Å². The molecule has 3 rings (SSSR count). The fourth-order valence-corrected chi connectivity index (χ4v) is 2.48. The zero-order valence-electron chi connectivity index (χ0n) is 14.7. The molecule has 0 aliphatic heterocycles. The number of ether oxygens (including phenoxy) is 1. The van der Waals surface area contributed by atoms with Crippen LogP contribution in [0.1, 0.15) is 22.8 Å². The molecular formula is C20H20N4O2. The average molecular weight is 348 g/mol. The number of aromatic nitrogens is 2. The van der Waals surface area contributed by atoms with Crippen LogP contribution in [0.5, 0.6) is 0 Å². The Kier molecular flexibility index (Phi) is 5.43. The van der Waals surface area contributed by atoms with E-state index in [9.17, 15) is 4.79 Å². The van der Waals surface area contributed by atoms with Gasteiger partial charge in [0.2, 0.25) is 0 Å². The fourth-order valence-electron chi connectivity index (χ4n) is 2.48. The van der Waals surface area contributed by atoms with Gasteiger partial charge < -0.3 is 15.4 Å². The third-order valence-corrected chi connectivity index (χ3v) is 3.90. The van der Waals surface area contributed by atoms with Crippen molar-refractivity contribution >= 4 is 29.0 Å². The summed E-state index contributed by atoms with van der Waals surface area (Å²) in [4.78, 5) is 20.3. The summed E-state index contributed by atoms with van der Waals surface area (Å²) in [5.74, 6) is 0.822. The van der Waals surface area contributed by atoms with Gasteiger partial charge in [-0.1, -0.05) is 31.2 Å². The first-order valence-corrected chi connectivity index (χ1v) is 8.32. The highest BCUT2D eigenvalue weighted by molar-refractivity contribution is 5.96. The Bertz CT molecular complexity index is 894. The summed E-state index contributed by atoms with van der Waals surface area (Å²) in [5.41, 5.74) is 3.29. The third-order valence-electron chi connectivity index (χ3n) is 3.90. The lowest BCUT2D eigenvalue weighted by Gasteiger charge is -2.11. The number of hydrogen-bond donors (Lipinski definition) is 2. The molecule has 0 saturated carbocycles. The van der Waals surface area contributed by atoms with Crippen molar-refractivity contribution in [3.05, 3.63) is 72.1 Å². The van der Waals surface area contributed by atoms with E-state index < -0.39 is 5.97 Å². The molecule has 1 heterocycles. The van der Waals surface area contributed by atoms with Crippen LogP contribution in [0.4, 0.5) is 23.0 Å². The summed E-state index contributed by atoms with van der Waals surface area (Å²) in [6.07, 6.45) is 2.47. The van der Waals surface area contributed by atoms with E-state index in [-0.39, 0.29) is 0 Å². The van der Waals surface area contributed by atoms with E-state index >= 15 is 0 Å². The van der Waals surface area contributed by atoms with Crippen molar-refractivity contribution in [2.24, 2.45) is 0 Å². The van der Waals surface area contributed by atoms with Crippen molar-refractivity contribution in [2.45, 2.75) is 13.3 Å². The summed E-state index contributed by atoms with van der Waals surface area (Å²) < 4.78 is 4.81. The second-order valence-electron chi connectivity index (χ2n) is 5.63. The SMILES string of the molecule is CCc1ccc(Nc2cc(Nc3ccccc3C(=O)OC)ncn2)cc1. The van der Waals surface area contributed by atoms with Gasteiger partial charge in [0.25, 0.3) is 0 Å². The molecule has 3 aromatic rings. The lowest BCUT2D eigenvalue weighted by molar-refractivity contribution is 0.0602. The van der Waals surface area contributed by atoms with E-state index in [1.807, 2.05) is 18.2 Å². The predicted molar refractivity (Wildman–Crippen MR) is 102 cm³/mol. The largest absolute Gasteiger partial charge is 0.465 e. The number of benzene rings is 2. The molecule has 0 atom stereocenters. The van der Waals surface area contributed by atoms with Crippen molar-refractivity contribution in [3.8, 4) is 0 Å². The molecule has 26 heavy (non-hydrogen) atoms. The number of nitrogens with one attached hydrogen (secondary N) is 2. The van der Waals surface area contributed by atoms with Crippen molar-refractivity contribution in [1.82, 2.24) is 9.97 Å². The monoisotopic (exact) mass is 348 g/mol. The lowest BCUT2D eigenvalue weighted by atomic mass is 10.1. The number of para-hydroxylation sites is 1. The Morgan fingerprint density at radius 3 is 2.38 bits per heavy atom. The molecule has 132 valence electrons. The Morgan fingerprint density at radius 1 is 1.00 bits per heavy atom. The number of rotatable bonds is 6. The van der Waals surface area contributed by atoms with Gasteiger partial charge in [-0.2, -0.15) is 0 Å². The Hall–Kier alpha value is -3.41. The minimum Gasteiger partial charge on any atom is -0.465 e. The summed E-state index contributed by atoms with van der Waals surface area (Å²) in [5, 5.41) is 6.39. The smallest absolute Gasteiger partial charge is 0.339 e. The van der Waals surface area contributed by atoms with Crippen LogP contribution < -0.4 is 10.6 Å². The van der Waals surface area contributed by atoms with Crippen molar-refractivity contribution in [1.29, 1.82) is 0 Å². The molecule has 6 heteroatoms. The number of aryl methyl sites for hydroxylation is 1. The van der Waals surface area contributed by atoms with Gasteiger partial charge in [0.05, 0.1) is 18.4 Å². The molecule has 1 aromatic heterocycles. The Morgan fingerprint density at radius 2 is 1.69 bits per heavy atom. The maximum atomic E-state index is 11.9. The summed E-state index contributed by atoms with van der Waals surface area (Å²) in [7, 11) is 1.36. The van der Waals surface area contributed by atoms with Crippen LogP contribution in [0.25, 0.3) is 0 Å². The highest BCUT2D eigenvalue weighted by atomic mass is 16.5. The van der Waals surface area contributed by atoms with Crippen LogP contribution in [0.15, 0.2) is 60.9 Å². The van der Waals surface area contributed by atoms with E-state index in [2.05, 4.69) is 39.7 Å². The number of methoxy groups -OCH3 is 1. The minimum absolute atomic E-state index is 0.406. The number of anilines is 4. The van der Waals surface area contributed by atoms with Gasteiger partial charge in [-0.05, 0) is 36.2 Å². The van der Waals surface area contributed by atoms with Gasteiger partial charge in [-0.3, -0.25) is 0 Å². The summed E-state index contributed by atoms with van der Waals surface area (Å²) in [6.45, 7) is 2.12. The van der Waals surface area contributed by atoms with Crippen LogP contribution in [-0.2, 0) is 11.2 Å². The van der Waals surface area contributed by atoms with Crippen LogP contribution >= 0.6 is 0 Å². The molecule has 0 bridgehead atoms. The zero-order chi connectivity index (χ0) is 18.4. The van der Waals surface area contributed by atoms with E-state index in [0.29, 0.717) is 22.9 Å². The molecule has 0 radical (unpaired) electrons. The molecule has 2 aromatic carbocycles. The van der Waals surface area contributed by atoms with Crippen molar-refractivity contribution in [3.63, 3.8) is 0 Å². The summed E-state index contributed by atoms with van der Waals surface area (Å²) in [6, 6.07) is 17.1. The quantitative estimate of drug-likeness (QED) is 0.646. The normalized spacial score (nSPS) is 10.2. The minimum atomic E-state index is -0.406. The highest BCUT2D eigenvalue weighted by Gasteiger charge is 2.11. The number of carbonyl (C=O) groups excluding carboxylic acids is 1. The maximum absolute atomic E-state index is 11.9. The second kappa shape index (κ2) is 8.11. The lowest BCUT2D eigenvalue weighted by Crippen LogP contribution is -2.06. The first-order valence-electron chi connectivity index (χ1n) is 8.32. The van der Waals surface area contributed by atoms with E-state index in [1.165, 1.54) is 19.0 Å². The predicted octanol–water partition coefficient (Wildman–Crippen LogP) is 4.31. The topological polar surface area (TPSA) is 76.1 Å². The Balaban J connectivity index is 1.78. The maximum Gasteiger partial charge on any atom is 0.339 e. The molecule has 0 aliphatic rings. The molecule has 0 unspecified atom stereocenters. The number of nitrogens with zero attached hydrogens (tertiary/aromatic N) is 2. The molecular weight excluding hydrogens is 328 g/mol. The number of hydrogen-bond acceptors (Lipinski definition) is 6. The molecule has 0 aliphatic carbocycles. The fraction of sp³-hybridized carbons (Fsp3) is 0.150. The average Bonchev–Trinajstić information content (AvgIpc) is 2.69. The summed E-state index contributed by atoms with van der Waals surface area (Å²) >= 11 is 0. The van der Waals surface area contributed by atoms with E-state index in [0.717, 1.165) is 12.1 Å². The molecule has 0 spiro atoms. The molecule has 0 saturated heterocycles. The van der Waals surface area contributed by atoms with Crippen LogP contribution in [0.3, 0.4) is 0 Å². The Labute approximate surface area is 152 Å². The molecule has 2 N–H and O–H groups in total. The first kappa shape index (κ1) is 17.4. The molecule has 0 fully saturated rings. The van der Waals surface area contributed by atoms with Crippen molar-refractivity contribution < 1.29 is 9.53 Å². The van der Waals surface area contributed by atoms with Gasteiger partial charge >= 0.3 is 5.97 Å². The first-order chi connectivity index (χ1) is 12.7. The molecule has 6 nitrogen and oxygen atoms in total. The highest BCUT2D eigenvalue weighted by Crippen LogP contribution is 2.22. The van der Waals surface area contributed by atoms with Gasteiger partial charge in [0.15, 0.2) is 0 Å². The van der Waals surface area contributed by atoms with Gasteiger partial charge in [-0.15, -0.1) is 0 Å². The van der Waals surface area contributed by atoms with Crippen LogP contribution in [0, 0.1) is 0 Å². The van der Waals surface area contributed by atoms with E-state index in [4.69, 9.17) is 4.74 Å². The standard InChI is InChI=1S/C20H20N4O2/c1-3-14-8-10-15(11-9-14)23-18-12-19(22-13-21-18)24-17-7-5-4-6-16(17)20(25)26-2/h4-13H,3H2,1-2H3,(H2,21,22,23,24). The van der Waals surface area contributed by atoms with Gasteiger partial charge in [0, 0.05) is 11.8 Å². The zero-order valence-corrected chi connectivity index (χ0v) is 14.7. The van der Waals surface area contributed by atoms with E-state index in [1.54, 1.807) is 24.3 Å². The second-order valence-corrected chi connectivity index (χ2v) is 5.63. The number of esters is 1. The number of carbonyl (C=O) groups is 1. The van der Waals surface area contributed by atoms with Crippen LogP contribution in [-0.4, -0.2) is 23.0 Å². The van der Waals surface area contributed by atoms with Gasteiger partial charge in [0.1, 0.15) is 18.0 Å². The third kappa shape index (κ3) is 4.16. The van der Waals surface area contributed by atoms with Gasteiger partial charge in [-0.25, -0.2) is 14.8 Å². The van der Waals surface area contributed by atoms with Crippen LogP contribution in [0.2, 0.25) is 0 Å².